The molecule has 7 heteroatoms. The van der Waals surface area contributed by atoms with Gasteiger partial charge in [0.1, 0.15) is 23.1 Å². The topological polar surface area (TPSA) is 99.3 Å². The summed E-state index contributed by atoms with van der Waals surface area (Å²) in [6.45, 7) is 0. The highest BCUT2D eigenvalue weighted by Gasteiger charge is 2.17. The highest BCUT2D eigenvalue weighted by Crippen LogP contribution is 2.31. The third kappa shape index (κ3) is 3.27. The number of benzene rings is 1. The van der Waals surface area contributed by atoms with Crippen molar-refractivity contribution in [2.24, 2.45) is 0 Å². The Balaban J connectivity index is 2.01. The van der Waals surface area contributed by atoms with Gasteiger partial charge in [-0.2, -0.15) is 0 Å². The van der Waals surface area contributed by atoms with Crippen LogP contribution in [0.15, 0.2) is 36.5 Å². The van der Waals surface area contributed by atoms with E-state index in [4.69, 9.17) is 10.8 Å². The second kappa shape index (κ2) is 6.62. The number of nitrogens with zero attached hydrogens (tertiary/aromatic N) is 1. The number of hydrogen-bond donors (Lipinski definition) is 2. The molecule has 0 radical (unpaired) electrons. The number of anilines is 1. The molecule has 0 spiro atoms. The molecule has 24 heavy (non-hydrogen) atoms. The van der Waals surface area contributed by atoms with E-state index in [1.807, 2.05) is 6.08 Å². The van der Waals surface area contributed by atoms with Crippen LogP contribution in [0, 0.1) is 5.82 Å². The lowest BCUT2D eigenvalue weighted by atomic mass is 9.98. The minimum Gasteiger partial charge on any atom is -0.616 e. The van der Waals surface area contributed by atoms with E-state index in [-0.39, 0.29) is 11.4 Å². The van der Waals surface area contributed by atoms with Gasteiger partial charge in [-0.05, 0) is 52.2 Å². The van der Waals surface area contributed by atoms with Gasteiger partial charge >= 0.3 is 5.97 Å². The van der Waals surface area contributed by atoms with Crippen molar-refractivity contribution in [1.29, 1.82) is 0 Å². The molecule has 1 aromatic heterocycles. The summed E-state index contributed by atoms with van der Waals surface area (Å²) in [7, 11) is 0. The Morgan fingerprint density at radius 2 is 2.12 bits per heavy atom. The fraction of sp³-hybridized carbons (Fsp3) is 0.176. The number of carbonyl (C=O) groups is 1. The van der Waals surface area contributed by atoms with Crippen LogP contribution in [0.2, 0.25) is 0 Å². The van der Waals surface area contributed by atoms with Gasteiger partial charge in [-0.25, -0.2) is 14.2 Å². The molecule has 3 rings (SSSR count). The first-order valence-electron chi connectivity index (χ1n) is 7.29. The summed E-state index contributed by atoms with van der Waals surface area (Å²) in [6, 6.07) is 5.67. The van der Waals surface area contributed by atoms with Crippen LogP contribution in [0.5, 0.6) is 0 Å². The monoisotopic (exact) mass is 346 g/mol. The predicted octanol–water partition coefficient (Wildman–Crippen LogP) is 2.70. The predicted molar refractivity (Wildman–Crippen MR) is 91.5 cm³/mol. The van der Waals surface area contributed by atoms with Gasteiger partial charge < -0.3 is 15.4 Å². The van der Waals surface area contributed by atoms with Gasteiger partial charge in [-0.1, -0.05) is 6.07 Å². The minimum absolute atomic E-state index is 0.237. The van der Waals surface area contributed by atoms with Crippen LogP contribution in [0.3, 0.4) is 0 Å². The molecule has 0 amide bonds. The molecule has 0 aliphatic carbocycles. The Kier molecular flexibility index (Phi) is 4.55. The van der Waals surface area contributed by atoms with E-state index in [2.05, 4.69) is 4.98 Å². The van der Waals surface area contributed by atoms with Crippen molar-refractivity contribution in [3.05, 3.63) is 53.5 Å². The number of carboxylic acids is 1. The van der Waals surface area contributed by atoms with Gasteiger partial charge in [0.25, 0.3) is 0 Å². The molecule has 1 aromatic carbocycles. The largest absolute Gasteiger partial charge is 0.616 e. The zero-order valence-corrected chi connectivity index (χ0v) is 13.5. The number of pyridine rings is 1. The number of hydrogen-bond acceptors (Lipinski definition) is 4. The van der Waals surface area contributed by atoms with E-state index in [0.717, 1.165) is 17.2 Å². The molecule has 1 aliphatic rings. The zero-order chi connectivity index (χ0) is 17.3. The third-order valence-corrected chi connectivity index (χ3v) is 5.11. The molecular formula is C17H15FN2O3S. The molecule has 0 saturated carbocycles. The van der Waals surface area contributed by atoms with Crippen LogP contribution in [-0.4, -0.2) is 32.1 Å². The molecule has 0 unspecified atom stereocenters. The summed E-state index contributed by atoms with van der Waals surface area (Å²) in [4.78, 5) is 15.1. The molecular weight excluding hydrogens is 331 g/mol. The summed E-state index contributed by atoms with van der Waals surface area (Å²) in [5, 5.41) is 8.91. The Hall–Kier alpha value is -2.38. The smallest absolute Gasteiger partial charge is 0.338 e. The maximum Gasteiger partial charge on any atom is 0.338 e. The Morgan fingerprint density at radius 3 is 2.75 bits per heavy atom. The average molecular weight is 346 g/mol. The van der Waals surface area contributed by atoms with Crippen molar-refractivity contribution in [2.75, 3.05) is 17.2 Å². The first-order chi connectivity index (χ1) is 11.5. The molecule has 0 saturated heterocycles. The summed E-state index contributed by atoms with van der Waals surface area (Å²) < 4.78 is 25.4. The maximum atomic E-state index is 13.9. The standard InChI is InChI=1S/C17H15FN2O3S/c18-15-8-11(1-2-13(15)17(21)22)14-7-12(9-20-16(14)19)10-3-5-24(23)6-4-10/h1-3,7-9H,4-6H2,(H2,19,20)(H,21,22)/t24-/m0/s1. The van der Waals surface area contributed by atoms with Crippen LogP contribution in [0.4, 0.5) is 10.2 Å². The summed E-state index contributed by atoms with van der Waals surface area (Å²) >= 11 is -0.817. The molecule has 0 bridgehead atoms. The first-order valence-corrected chi connectivity index (χ1v) is 8.77. The third-order valence-electron chi connectivity index (χ3n) is 3.91. The zero-order valence-electron chi connectivity index (χ0n) is 12.7. The maximum absolute atomic E-state index is 13.9. The van der Waals surface area contributed by atoms with Crippen molar-refractivity contribution < 1.29 is 18.8 Å². The second-order valence-corrected chi connectivity index (χ2v) is 7.07. The molecule has 0 fully saturated rings. The number of nitrogen functional groups attached to an aromatic ring is 1. The normalized spacial score (nSPS) is 17.4. The highest BCUT2D eigenvalue weighted by molar-refractivity contribution is 7.91. The van der Waals surface area contributed by atoms with Crippen molar-refractivity contribution in [3.8, 4) is 11.1 Å². The Bertz CT molecular complexity index is 839. The van der Waals surface area contributed by atoms with Gasteiger partial charge in [0.05, 0.1) is 5.56 Å². The number of rotatable bonds is 3. The van der Waals surface area contributed by atoms with Gasteiger partial charge in [0.15, 0.2) is 0 Å². The van der Waals surface area contributed by atoms with Crippen LogP contribution < -0.4 is 5.73 Å². The van der Waals surface area contributed by atoms with E-state index in [9.17, 15) is 13.7 Å². The van der Waals surface area contributed by atoms with Crippen molar-refractivity contribution in [3.63, 3.8) is 0 Å². The van der Waals surface area contributed by atoms with Gasteiger partial charge in [0.2, 0.25) is 0 Å². The fourth-order valence-corrected chi connectivity index (χ4v) is 3.60. The SMILES string of the molecule is Nc1ncc(C2=CC[S@+]([O-])CC2)cc1-c1ccc(C(=O)O)c(F)c1. The van der Waals surface area contributed by atoms with E-state index >= 15 is 0 Å². The lowest BCUT2D eigenvalue weighted by molar-refractivity contribution is 0.0692. The molecule has 1 atom stereocenters. The number of nitrogens with two attached hydrogens (primary N) is 1. The van der Waals surface area contributed by atoms with Gasteiger partial charge in [-0.15, -0.1) is 0 Å². The minimum atomic E-state index is -1.32. The van der Waals surface area contributed by atoms with Crippen LogP contribution in [-0.2, 0) is 11.2 Å². The van der Waals surface area contributed by atoms with Gasteiger partial charge in [-0.3, -0.25) is 0 Å². The number of aromatic carboxylic acids is 1. The van der Waals surface area contributed by atoms with E-state index in [1.165, 1.54) is 12.1 Å². The summed E-state index contributed by atoms with van der Waals surface area (Å²) in [5.41, 5.74) is 8.39. The fourth-order valence-electron chi connectivity index (χ4n) is 2.60. The van der Waals surface area contributed by atoms with Crippen LogP contribution >= 0.6 is 0 Å². The summed E-state index contributed by atoms with van der Waals surface area (Å²) in [6.07, 6.45) is 4.25. The molecule has 2 heterocycles. The molecule has 3 N–H and O–H groups in total. The van der Waals surface area contributed by atoms with Gasteiger partial charge in [0, 0.05) is 18.2 Å². The lowest BCUT2D eigenvalue weighted by Gasteiger charge is -2.17. The number of carboxylic acid groups (broad SMARTS) is 1. The lowest BCUT2D eigenvalue weighted by Crippen LogP contribution is -2.15. The Morgan fingerprint density at radius 1 is 1.33 bits per heavy atom. The van der Waals surface area contributed by atoms with Crippen molar-refractivity contribution in [1.82, 2.24) is 4.98 Å². The second-order valence-electron chi connectivity index (χ2n) is 5.45. The van der Waals surface area contributed by atoms with E-state index in [0.29, 0.717) is 29.1 Å². The number of halogens is 1. The molecule has 2 aromatic rings. The quantitative estimate of drug-likeness (QED) is 0.833. The van der Waals surface area contributed by atoms with Crippen molar-refractivity contribution >= 4 is 28.5 Å². The van der Waals surface area contributed by atoms with E-state index < -0.39 is 23.0 Å². The highest BCUT2D eigenvalue weighted by atomic mass is 32.2. The molecule has 1 aliphatic heterocycles. The number of aromatic nitrogens is 1. The Labute approximate surface area is 141 Å². The first kappa shape index (κ1) is 16.5. The van der Waals surface area contributed by atoms with Crippen molar-refractivity contribution in [2.45, 2.75) is 6.42 Å². The number of allylic oxidation sites excluding steroid dienone is 1. The van der Waals surface area contributed by atoms with Crippen LogP contribution in [0.1, 0.15) is 22.3 Å². The van der Waals surface area contributed by atoms with E-state index in [1.54, 1.807) is 12.3 Å². The average Bonchev–Trinajstić information content (AvgIpc) is 2.55. The summed E-state index contributed by atoms with van der Waals surface area (Å²) in [5.74, 6) is -0.790. The molecule has 5 nitrogen and oxygen atoms in total. The van der Waals surface area contributed by atoms with Crippen LogP contribution in [0.25, 0.3) is 16.7 Å². The molecule has 124 valence electrons.